The van der Waals surface area contributed by atoms with E-state index in [1.54, 1.807) is 6.20 Å². The topological polar surface area (TPSA) is 55.3 Å². The Hall–Kier alpha value is -1.65. The molecule has 0 spiro atoms. The quantitative estimate of drug-likeness (QED) is 0.776. The van der Waals surface area contributed by atoms with Crippen molar-refractivity contribution in [1.29, 1.82) is 0 Å². The number of esters is 1. The van der Waals surface area contributed by atoms with E-state index in [1.165, 1.54) is 51.8 Å². The molecule has 5 nitrogen and oxygen atoms in total. The number of hydrogen-bond acceptors (Lipinski definition) is 5. The summed E-state index contributed by atoms with van der Waals surface area (Å²) in [5, 5.41) is 0. The van der Waals surface area contributed by atoms with E-state index in [2.05, 4.69) is 14.9 Å². The van der Waals surface area contributed by atoms with Gasteiger partial charge in [0.2, 0.25) is 0 Å². The average Bonchev–Trinajstić information content (AvgIpc) is 2.53. The number of piperidine rings is 1. The molecule has 1 aliphatic carbocycles. The number of aromatic nitrogens is 2. The Morgan fingerprint density at radius 2 is 2.05 bits per heavy atom. The molecule has 0 bridgehead atoms. The molecule has 0 N–H and O–H groups in total. The summed E-state index contributed by atoms with van der Waals surface area (Å²) in [6.07, 6.45) is 11.0. The maximum absolute atomic E-state index is 11.6. The first-order valence-corrected chi connectivity index (χ1v) is 7.46. The molecule has 0 radical (unpaired) electrons. The van der Waals surface area contributed by atoms with Crippen LogP contribution in [0.15, 0.2) is 12.4 Å². The summed E-state index contributed by atoms with van der Waals surface area (Å²) in [6, 6.07) is 0.569. The van der Waals surface area contributed by atoms with Gasteiger partial charge in [-0.15, -0.1) is 0 Å². The van der Waals surface area contributed by atoms with Gasteiger partial charge < -0.3 is 9.64 Å². The van der Waals surface area contributed by atoms with Crippen molar-refractivity contribution < 1.29 is 9.53 Å². The Morgan fingerprint density at radius 1 is 1.25 bits per heavy atom. The SMILES string of the molecule is COC(=O)c1cncc(N2CCC[C@H]3CCCC[C@H]32)n1. The Morgan fingerprint density at radius 3 is 2.90 bits per heavy atom. The van der Waals surface area contributed by atoms with Crippen LogP contribution in [-0.2, 0) is 4.74 Å². The van der Waals surface area contributed by atoms with Gasteiger partial charge in [-0.05, 0) is 31.6 Å². The first-order chi connectivity index (χ1) is 9.79. The second-order valence-corrected chi connectivity index (χ2v) is 5.70. The van der Waals surface area contributed by atoms with Gasteiger partial charge >= 0.3 is 5.97 Å². The summed E-state index contributed by atoms with van der Waals surface area (Å²) in [6.45, 7) is 1.01. The fraction of sp³-hybridized carbons (Fsp3) is 0.667. The lowest BCUT2D eigenvalue weighted by molar-refractivity contribution is 0.0593. The fourth-order valence-electron chi connectivity index (χ4n) is 3.61. The van der Waals surface area contributed by atoms with Crippen LogP contribution in [0.4, 0.5) is 5.82 Å². The molecule has 1 aromatic rings. The van der Waals surface area contributed by atoms with Crippen molar-refractivity contribution in [3.05, 3.63) is 18.1 Å². The third-order valence-corrected chi connectivity index (χ3v) is 4.55. The number of fused-ring (bicyclic) bond motifs is 1. The molecule has 1 aliphatic heterocycles. The van der Waals surface area contributed by atoms with E-state index in [-0.39, 0.29) is 0 Å². The number of nitrogens with zero attached hydrogens (tertiary/aromatic N) is 3. The van der Waals surface area contributed by atoms with Gasteiger partial charge in [-0.2, -0.15) is 0 Å². The highest BCUT2D eigenvalue weighted by molar-refractivity contribution is 5.87. The highest BCUT2D eigenvalue weighted by Gasteiger charge is 2.34. The summed E-state index contributed by atoms with van der Waals surface area (Å²) >= 11 is 0. The van der Waals surface area contributed by atoms with Crippen LogP contribution in [0.1, 0.15) is 49.0 Å². The molecule has 108 valence electrons. The van der Waals surface area contributed by atoms with Crippen molar-refractivity contribution in [3.63, 3.8) is 0 Å². The lowest BCUT2D eigenvalue weighted by atomic mass is 9.78. The van der Waals surface area contributed by atoms with Crippen LogP contribution >= 0.6 is 0 Å². The van der Waals surface area contributed by atoms with Gasteiger partial charge in [0, 0.05) is 12.6 Å². The van der Waals surface area contributed by atoms with Gasteiger partial charge in [-0.25, -0.2) is 9.78 Å². The highest BCUT2D eigenvalue weighted by Crippen LogP contribution is 2.36. The normalized spacial score (nSPS) is 25.9. The maximum Gasteiger partial charge on any atom is 0.358 e. The van der Waals surface area contributed by atoms with Gasteiger partial charge in [0.25, 0.3) is 0 Å². The second kappa shape index (κ2) is 5.77. The third kappa shape index (κ3) is 2.49. The van der Waals surface area contributed by atoms with Gasteiger partial charge in [-0.1, -0.05) is 12.8 Å². The second-order valence-electron chi connectivity index (χ2n) is 5.70. The number of ether oxygens (including phenoxy) is 1. The zero-order chi connectivity index (χ0) is 13.9. The summed E-state index contributed by atoms with van der Waals surface area (Å²) < 4.78 is 4.73. The number of carbonyl (C=O) groups is 1. The van der Waals surface area contributed by atoms with Crippen molar-refractivity contribution in [2.24, 2.45) is 5.92 Å². The molecule has 2 heterocycles. The van der Waals surface area contributed by atoms with E-state index in [1.807, 2.05) is 0 Å². The molecule has 0 amide bonds. The van der Waals surface area contributed by atoms with E-state index < -0.39 is 5.97 Å². The Kier molecular flexibility index (Phi) is 3.85. The summed E-state index contributed by atoms with van der Waals surface area (Å²) in [4.78, 5) is 22.6. The molecular weight excluding hydrogens is 254 g/mol. The minimum atomic E-state index is -0.420. The maximum atomic E-state index is 11.6. The van der Waals surface area contributed by atoms with Gasteiger partial charge in [-0.3, -0.25) is 4.98 Å². The van der Waals surface area contributed by atoms with E-state index in [4.69, 9.17) is 4.74 Å². The number of carbonyl (C=O) groups excluding carboxylic acids is 1. The monoisotopic (exact) mass is 275 g/mol. The minimum Gasteiger partial charge on any atom is -0.464 e. The van der Waals surface area contributed by atoms with Crippen LogP contribution in [0.25, 0.3) is 0 Å². The number of hydrogen-bond donors (Lipinski definition) is 0. The minimum absolute atomic E-state index is 0.294. The van der Waals surface area contributed by atoms with E-state index in [0.717, 1.165) is 18.3 Å². The average molecular weight is 275 g/mol. The Bertz CT molecular complexity index is 490. The largest absolute Gasteiger partial charge is 0.464 e. The molecule has 3 rings (SSSR count). The fourth-order valence-corrected chi connectivity index (χ4v) is 3.61. The van der Waals surface area contributed by atoms with Crippen LogP contribution in [-0.4, -0.2) is 35.6 Å². The molecule has 1 saturated heterocycles. The highest BCUT2D eigenvalue weighted by atomic mass is 16.5. The zero-order valence-electron chi connectivity index (χ0n) is 11.9. The summed E-state index contributed by atoms with van der Waals surface area (Å²) in [7, 11) is 1.37. The molecule has 0 unspecified atom stereocenters. The molecule has 1 aromatic heterocycles. The van der Waals surface area contributed by atoms with E-state index in [0.29, 0.717) is 11.7 Å². The smallest absolute Gasteiger partial charge is 0.358 e. The molecule has 5 heteroatoms. The van der Waals surface area contributed by atoms with Crippen molar-refractivity contribution >= 4 is 11.8 Å². The number of methoxy groups -OCH3 is 1. The van der Waals surface area contributed by atoms with E-state index >= 15 is 0 Å². The molecule has 2 atom stereocenters. The van der Waals surface area contributed by atoms with Crippen molar-refractivity contribution in [2.75, 3.05) is 18.6 Å². The molecule has 0 aromatic carbocycles. The first kappa shape index (κ1) is 13.3. The zero-order valence-corrected chi connectivity index (χ0v) is 11.9. The van der Waals surface area contributed by atoms with Crippen molar-refractivity contribution in [2.45, 2.75) is 44.6 Å². The summed E-state index contributed by atoms with van der Waals surface area (Å²) in [5.74, 6) is 1.18. The first-order valence-electron chi connectivity index (χ1n) is 7.46. The predicted molar refractivity (Wildman–Crippen MR) is 75.7 cm³/mol. The van der Waals surface area contributed by atoms with Crippen LogP contribution in [0.3, 0.4) is 0 Å². The van der Waals surface area contributed by atoms with Crippen molar-refractivity contribution in [1.82, 2.24) is 9.97 Å². The van der Waals surface area contributed by atoms with Crippen molar-refractivity contribution in [3.8, 4) is 0 Å². The van der Waals surface area contributed by atoms with Crippen LogP contribution in [0.2, 0.25) is 0 Å². The van der Waals surface area contributed by atoms with Crippen LogP contribution in [0.5, 0.6) is 0 Å². The summed E-state index contributed by atoms with van der Waals surface area (Å²) in [5.41, 5.74) is 0.294. The molecule has 2 fully saturated rings. The lowest BCUT2D eigenvalue weighted by Crippen LogP contribution is -2.47. The Balaban J connectivity index is 1.85. The molecular formula is C15H21N3O2. The third-order valence-electron chi connectivity index (χ3n) is 4.55. The van der Waals surface area contributed by atoms with Crippen LogP contribution in [0, 0.1) is 5.92 Å². The van der Waals surface area contributed by atoms with Gasteiger partial charge in [0.15, 0.2) is 5.69 Å². The standard InChI is InChI=1S/C15H21N3O2/c1-20-15(19)12-9-16-10-14(17-12)18-8-4-6-11-5-2-3-7-13(11)18/h9-11,13H,2-8H2,1H3/t11-,13-/m1/s1. The number of rotatable bonds is 2. The lowest BCUT2D eigenvalue weighted by Gasteiger charge is -2.44. The molecule has 1 saturated carbocycles. The van der Waals surface area contributed by atoms with Gasteiger partial charge in [0.05, 0.1) is 19.5 Å². The Labute approximate surface area is 119 Å². The molecule has 20 heavy (non-hydrogen) atoms. The molecule has 2 aliphatic rings. The number of anilines is 1. The van der Waals surface area contributed by atoms with Crippen LogP contribution < -0.4 is 4.90 Å². The predicted octanol–water partition coefficient (Wildman–Crippen LogP) is 2.42. The van der Waals surface area contributed by atoms with Gasteiger partial charge in [0.1, 0.15) is 5.82 Å². The van der Waals surface area contributed by atoms with E-state index in [9.17, 15) is 4.79 Å².